The normalized spacial score (nSPS) is 46.8. The van der Waals surface area contributed by atoms with Crippen LogP contribution in [0.25, 0.3) is 0 Å². The Bertz CT molecular complexity index is 487. The lowest BCUT2D eigenvalue weighted by atomic mass is 9.54. The summed E-state index contributed by atoms with van der Waals surface area (Å²) in [5, 5.41) is 3.54. The van der Waals surface area contributed by atoms with Crippen LogP contribution in [-0.4, -0.2) is 42.0 Å². The van der Waals surface area contributed by atoms with Crippen molar-refractivity contribution in [2.24, 2.45) is 35.3 Å². The first-order valence-corrected chi connectivity index (χ1v) is 11.0. The molecule has 5 saturated carbocycles. The highest BCUT2D eigenvalue weighted by Crippen LogP contribution is 2.53. The first kappa shape index (κ1) is 16.6. The second-order valence-electron chi connectivity index (χ2n) is 10.1. The van der Waals surface area contributed by atoms with Crippen LogP contribution in [0.3, 0.4) is 0 Å². The van der Waals surface area contributed by atoms with Gasteiger partial charge in [-0.25, -0.2) is 0 Å². The molecule has 1 amide bonds. The zero-order chi connectivity index (χ0) is 17.0. The van der Waals surface area contributed by atoms with Crippen molar-refractivity contribution in [1.82, 2.24) is 10.2 Å². The summed E-state index contributed by atoms with van der Waals surface area (Å²) in [4.78, 5) is 15.6. The Kier molecular flexibility index (Phi) is 4.32. The maximum Gasteiger partial charge on any atom is 0.237 e. The van der Waals surface area contributed by atoms with Gasteiger partial charge in [0.1, 0.15) is 0 Å². The molecule has 25 heavy (non-hydrogen) atoms. The molecule has 140 valence electrons. The number of nitrogens with one attached hydrogen (secondary N) is 1. The maximum atomic E-state index is 13.2. The third-order valence-corrected chi connectivity index (χ3v) is 8.24. The molecule has 0 radical (unpaired) electrons. The highest BCUT2D eigenvalue weighted by Gasteiger charge is 2.49. The molecule has 0 aromatic carbocycles. The topological polar surface area (TPSA) is 58.4 Å². The van der Waals surface area contributed by atoms with Crippen LogP contribution >= 0.6 is 0 Å². The number of nitrogens with two attached hydrogens (primary N) is 1. The van der Waals surface area contributed by atoms with Crippen LogP contribution in [0.15, 0.2) is 0 Å². The van der Waals surface area contributed by atoms with Gasteiger partial charge in [-0.15, -0.1) is 0 Å². The summed E-state index contributed by atoms with van der Waals surface area (Å²) < 4.78 is 0. The van der Waals surface area contributed by atoms with E-state index in [0.717, 1.165) is 49.1 Å². The summed E-state index contributed by atoms with van der Waals surface area (Å²) in [6.07, 6.45) is 13.2. The van der Waals surface area contributed by atoms with Crippen molar-refractivity contribution in [1.29, 1.82) is 0 Å². The van der Waals surface area contributed by atoms with Crippen LogP contribution in [0.5, 0.6) is 0 Å². The molecule has 0 aromatic heterocycles. The van der Waals surface area contributed by atoms with Crippen molar-refractivity contribution in [3.05, 3.63) is 0 Å². The molecule has 4 nitrogen and oxygen atoms in total. The van der Waals surface area contributed by atoms with Gasteiger partial charge in [-0.1, -0.05) is 12.8 Å². The summed E-state index contributed by atoms with van der Waals surface area (Å²) in [6, 6.07) is 0.675. The SMILES string of the molecule is NC1C[C@H](C(=O)NC2C3CC4CC(C3)CC2C4)N(CC2CCCC2)C1. The van der Waals surface area contributed by atoms with Gasteiger partial charge in [-0.3, -0.25) is 9.69 Å². The number of nitrogens with zero attached hydrogens (tertiary/aromatic N) is 1. The third kappa shape index (κ3) is 3.14. The van der Waals surface area contributed by atoms with Gasteiger partial charge in [0.2, 0.25) is 5.91 Å². The lowest BCUT2D eigenvalue weighted by Crippen LogP contribution is -2.58. The van der Waals surface area contributed by atoms with Gasteiger partial charge in [0.15, 0.2) is 0 Å². The number of likely N-dealkylation sites (tertiary alicyclic amines) is 1. The largest absolute Gasteiger partial charge is 0.351 e. The molecule has 0 spiro atoms. The maximum absolute atomic E-state index is 13.2. The minimum Gasteiger partial charge on any atom is -0.351 e. The zero-order valence-electron chi connectivity index (χ0n) is 15.5. The van der Waals surface area contributed by atoms with Crippen LogP contribution in [0.1, 0.15) is 64.2 Å². The Morgan fingerprint density at radius 1 is 0.960 bits per heavy atom. The van der Waals surface area contributed by atoms with Crippen molar-refractivity contribution in [2.75, 3.05) is 13.1 Å². The number of hydrogen-bond acceptors (Lipinski definition) is 3. The van der Waals surface area contributed by atoms with Crippen LogP contribution < -0.4 is 11.1 Å². The van der Waals surface area contributed by atoms with E-state index in [-0.39, 0.29) is 12.1 Å². The molecule has 6 rings (SSSR count). The van der Waals surface area contributed by atoms with Gasteiger partial charge in [0, 0.05) is 25.2 Å². The fraction of sp³-hybridized carbons (Fsp3) is 0.952. The van der Waals surface area contributed by atoms with Crippen LogP contribution in [0.4, 0.5) is 0 Å². The van der Waals surface area contributed by atoms with Gasteiger partial charge < -0.3 is 11.1 Å². The minimum atomic E-state index is 0.0350. The van der Waals surface area contributed by atoms with Gasteiger partial charge in [-0.2, -0.15) is 0 Å². The Balaban J connectivity index is 1.23. The number of rotatable bonds is 4. The predicted octanol–water partition coefficient (Wildman–Crippen LogP) is 2.52. The highest BCUT2D eigenvalue weighted by atomic mass is 16.2. The van der Waals surface area contributed by atoms with Crippen LogP contribution in [-0.2, 0) is 4.79 Å². The van der Waals surface area contributed by atoms with Crippen molar-refractivity contribution in [3.63, 3.8) is 0 Å². The molecule has 1 aliphatic heterocycles. The zero-order valence-corrected chi connectivity index (χ0v) is 15.5. The predicted molar refractivity (Wildman–Crippen MR) is 98.9 cm³/mol. The monoisotopic (exact) mass is 345 g/mol. The third-order valence-electron chi connectivity index (χ3n) is 8.24. The van der Waals surface area contributed by atoms with E-state index < -0.39 is 0 Å². The van der Waals surface area contributed by atoms with E-state index in [0.29, 0.717) is 11.9 Å². The summed E-state index contributed by atoms with van der Waals surface area (Å²) >= 11 is 0. The van der Waals surface area contributed by atoms with Gasteiger partial charge in [0.05, 0.1) is 6.04 Å². The number of amides is 1. The Morgan fingerprint density at radius 2 is 1.60 bits per heavy atom. The van der Waals surface area contributed by atoms with Gasteiger partial charge in [0.25, 0.3) is 0 Å². The van der Waals surface area contributed by atoms with Gasteiger partial charge in [-0.05, 0) is 81.0 Å². The first-order valence-electron chi connectivity index (χ1n) is 11.0. The standard InChI is InChI=1S/C21H35N3O/c22-18-10-19(24(12-18)11-13-3-1-2-4-13)21(25)23-20-16-6-14-5-15(8-16)9-17(20)7-14/h13-20H,1-12,22H2,(H,23,25)/t14?,15?,16?,17?,18?,19-,20?/m1/s1. The summed E-state index contributed by atoms with van der Waals surface area (Å²) in [5.41, 5.74) is 6.26. The molecule has 3 N–H and O–H groups in total. The molecule has 6 fully saturated rings. The molecule has 1 saturated heterocycles. The van der Waals surface area contributed by atoms with E-state index >= 15 is 0 Å². The number of hydrogen-bond donors (Lipinski definition) is 2. The van der Waals surface area contributed by atoms with Crippen molar-refractivity contribution in [2.45, 2.75) is 82.3 Å². The molecule has 1 heterocycles. The molecule has 4 bridgehead atoms. The Morgan fingerprint density at radius 3 is 2.24 bits per heavy atom. The van der Waals surface area contributed by atoms with E-state index in [2.05, 4.69) is 10.2 Å². The van der Waals surface area contributed by atoms with E-state index in [1.807, 2.05) is 0 Å². The van der Waals surface area contributed by atoms with Gasteiger partial charge >= 0.3 is 0 Å². The number of carbonyl (C=O) groups is 1. The number of carbonyl (C=O) groups excluding carboxylic acids is 1. The average Bonchev–Trinajstić information content (AvgIpc) is 3.20. The summed E-state index contributed by atoms with van der Waals surface area (Å²) in [6.45, 7) is 2.00. The van der Waals surface area contributed by atoms with Crippen molar-refractivity contribution < 1.29 is 4.79 Å². The first-order chi connectivity index (χ1) is 12.2. The lowest BCUT2D eigenvalue weighted by Gasteiger charge is -2.54. The van der Waals surface area contributed by atoms with Crippen LogP contribution in [0.2, 0.25) is 0 Å². The average molecular weight is 346 g/mol. The Hall–Kier alpha value is -0.610. The Labute approximate surface area is 152 Å². The second kappa shape index (κ2) is 6.53. The molecule has 6 aliphatic rings. The lowest BCUT2D eigenvalue weighted by molar-refractivity contribution is -0.129. The summed E-state index contributed by atoms with van der Waals surface area (Å²) in [7, 11) is 0. The molecule has 1 unspecified atom stereocenters. The minimum absolute atomic E-state index is 0.0350. The smallest absolute Gasteiger partial charge is 0.237 e. The van der Waals surface area contributed by atoms with E-state index in [9.17, 15) is 4.79 Å². The molecule has 0 aromatic rings. The molecular weight excluding hydrogens is 310 g/mol. The van der Waals surface area contributed by atoms with E-state index in [4.69, 9.17) is 5.73 Å². The fourth-order valence-electron chi connectivity index (χ4n) is 7.36. The summed E-state index contributed by atoms with van der Waals surface area (Å²) in [5.74, 6) is 4.55. The second-order valence-corrected chi connectivity index (χ2v) is 10.1. The molecular formula is C21H35N3O. The van der Waals surface area contributed by atoms with E-state index in [1.54, 1.807) is 0 Å². The quantitative estimate of drug-likeness (QED) is 0.823. The molecule has 5 aliphatic carbocycles. The van der Waals surface area contributed by atoms with E-state index in [1.165, 1.54) is 57.8 Å². The highest BCUT2D eigenvalue weighted by molar-refractivity contribution is 5.82. The van der Waals surface area contributed by atoms with Crippen molar-refractivity contribution in [3.8, 4) is 0 Å². The fourth-order valence-corrected chi connectivity index (χ4v) is 7.36. The molecule has 4 heteroatoms. The van der Waals surface area contributed by atoms with Crippen molar-refractivity contribution >= 4 is 5.91 Å². The molecule has 2 atom stereocenters. The van der Waals surface area contributed by atoms with Crippen LogP contribution in [0, 0.1) is 29.6 Å².